The molecule has 1 aromatic carbocycles. The van der Waals surface area contributed by atoms with Crippen molar-refractivity contribution in [3.63, 3.8) is 0 Å². The Bertz CT molecular complexity index is 544. The van der Waals surface area contributed by atoms with Gasteiger partial charge in [0.25, 0.3) is 0 Å². The predicted molar refractivity (Wildman–Crippen MR) is 76.4 cm³/mol. The molecule has 0 aliphatic heterocycles. The van der Waals surface area contributed by atoms with Crippen molar-refractivity contribution in [3.05, 3.63) is 53.9 Å². The first-order chi connectivity index (χ1) is 9.74. The number of rotatable bonds is 6. The lowest BCUT2D eigenvalue weighted by molar-refractivity contribution is 0.103. The van der Waals surface area contributed by atoms with Gasteiger partial charge < -0.3 is 9.47 Å². The molecule has 0 aliphatic rings. The number of ketones is 1. The van der Waals surface area contributed by atoms with E-state index < -0.39 is 0 Å². The number of pyridine rings is 1. The van der Waals surface area contributed by atoms with E-state index in [0.29, 0.717) is 35.8 Å². The molecule has 20 heavy (non-hydrogen) atoms. The van der Waals surface area contributed by atoms with Crippen LogP contribution in [-0.4, -0.2) is 24.0 Å². The normalized spacial score (nSPS) is 10.1. The highest BCUT2D eigenvalue weighted by Crippen LogP contribution is 2.18. The summed E-state index contributed by atoms with van der Waals surface area (Å²) in [6, 6.07) is 8.83. The molecule has 1 heterocycles. The van der Waals surface area contributed by atoms with Gasteiger partial charge >= 0.3 is 0 Å². The Morgan fingerprint density at radius 2 is 1.70 bits per heavy atom. The number of ether oxygens (including phenoxy) is 2. The van der Waals surface area contributed by atoms with Crippen molar-refractivity contribution in [2.75, 3.05) is 13.2 Å². The van der Waals surface area contributed by atoms with Gasteiger partial charge in [-0.25, -0.2) is 0 Å². The molecule has 1 aromatic heterocycles. The van der Waals surface area contributed by atoms with Crippen molar-refractivity contribution in [1.29, 1.82) is 0 Å². The largest absolute Gasteiger partial charge is 0.494 e. The van der Waals surface area contributed by atoms with Gasteiger partial charge in [0.1, 0.15) is 11.5 Å². The first kappa shape index (κ1) is 14.1. The summed E-state index contributed by atoms with van der Waals surface area (Å²) in [6.07, 6.45) is 3.13. The second-order valence-corrected chi connectivity index (χ2v) is 4.13. The van der Waals surface area contributed by atoms with Crippen LogP contribution in [0.5, 0.6) is 11.5 Å². The van der Waals surface area contributed by atoms with Gasteiger partial charge in [0.15, 0.2) is 5.78 Å². The standard InChI is InChI=1S/C16H17NO3/c1-3-19-14-7-5-6-12(8-14)16(18)13-9-15(20-4-2)11-17-10-13/h5-11H,3-4H2,1-2H3. The lowest BCUT2D eigenvalue weighted by Gasteiger charge is -2.07. The summed E-state index contributed by atoms with van der Waals surface area (Å²) in [5.74, 6) is 1.19. The van der Waals surface area contributed by atoms with E-state index in [1.807, 2.05) is 19.9 Å². The summed E-state index contributed by atoms with van der Waals surface area (Å²) >= 11 is 0. The molecule has 0 saturated heterocycles. The van der Waals surface area contributed by atoms with Crippen LogP contribution in [-0.2, 0) is 0 Å². The monoisotopic (exact) mass is 271 g/mol. The lowest BCUT2D eigenvalue weighted by Crippen LogP contribution is -2.03. The molecule has 4 nitrogen and oxygen atoms in total. The lowest BCUT2D eigenvalue weighted by atomic mass is 10.0. The summed E-state index contributed by atoms with van der Waals surface area (Å²) in [4.78, 5) is 16.4. The van der Waals surface area contributed by atoms with Crippen LogP contribution in [0.4, 0.5) is 0 Å². The maximum absolute atomic E-state index is 12.4. The summed E-state index contributed by atoms with van der Waals surface area (Å²) < 4.78 is 10.8. The first-order valence-corrected chi connectivity index (χ1v) is 6.60. The fourth-order valence-corrected chi connectivity index (χ4v) is 1.85. The summed E-state index contributed by atoms with van der Waals surface area (Å²) in [5, 5.41) is 0. The van der Waals surface area contributed by atoms with E-state index in [9.17, 15) is 4.79 Å². The van der Waals surface area contributed by atoms with E-state index >= 15 is 0 Å². The molecule has 2 aromatic rings. The molecule has 0 amide bonds. The highest BCUT2D eigenvalue weighted by molar-refractivity contribution is 6.09. The van der Waals surface area contributed by atoms with Gasteiger partial charge in [-0.05, 0) is 32.0 Å². The quantitative estimate of drug-likeness (QED) is 0.757. The molecule has 0 fully saturated rings. The van der Waals surface area contributed by atoms with E-state index in [0.717, 1.165) is 0 Å². The van der Waals surface area contributed by atoms with Gasteiger partial charge in [-0.2, -0.15) is 0 Å². The second-order valence-electron chi connectivity index (χ2n) is 4.13. The molecule has 0 N–H and O–H groups in total. The minimum atomic E-state index is -0.0967. The van der Waals surface area contributed by atoms with E-state index in [-0.39, 0.29) is 5.78 Å². The van der Waals surface area contributed by atoms with Crippen LogP contribution < -0.4 is 9.47 Å². The molecule has 0 unspecified atom stereocenters. The summed E-state index contributed by atoms with van der Waals surface area (Å²) in [6.45, 7) is 4.90. The molecule has 4 heteroatoms. The van der Waals surface area contributed by atoms with Gasteiger partial charge in [-0.3, -0.25) is 9.78 Å². The Hall–Kier alpha value is -2.36. The van der Waals surface area contributed by atoms with Crippen LogP contribution >= 0.6 is 0 Å². The Labute approximate surface area is 118 Å². The van der Waals surface area contributed by atoms with Gasteiger partial charge in [0.05, 0.1) is 19.4 Å². The number of carbonyl (C=O) groups is 1. The number of nitrogens with zero attached hydrogens (tertiary/aromatic N) is 1. The fourth-order valence-electron chi connectivity index (χ4n) is 1.85. The zero-order valence-corrected chi connectivity index (χ0v) is 11.6. The molecule has 0 aliphatic carbocycles. The highest BCUT2D eigenvalue weighted by atomic mass is 16.5. The van der Waals surface area contributed by atoms with Crippen LogP contribution in [0.3, 0.4) is 0 Å². The minimum absolute atomic E-state index is 0.0967. The van der Waals surface area contributed by atoms with Gasteiger partial charge in [0.2, 0.25) is 0 Å². The first-order valence-electron chi connectivity index (χ1n) is 6.60. The highest BCUT2D eigenvalue weighted by Gasteiger charge is 2.11. The smallest absolute Gasteiger partial charge is 0.194 e. The van der Waals surface area contributed by atoms with Gasteiger partial charge in [0, 0.05) is 17.3 Å². The molecule has 0 radical (unpaired) electrons. The molecule has 0 spiro atoms. The zero-order chi connectivity index (χ0) is 14.4. The topological polar surface area (TPSA) is 48.4 Å². The van der Waals surface area contributed by atoms with Crippen molar-refractivity contribution < 1.29 is 14.3 Å². The number of benzene rings is 1. The van der Waals surface area contributed by atoms with Crippen molar-refractivity contribution in [3.8, 4) is 11.5 Å². The van der Waals surface area contributed by atoms with E-state index in [1.54, 1.807) is 30.5 Å². The van der Waals surface area contributed by atoms with Gasteiger partial charge in [-0.1, -0.05) is 12.1 Å². The van der Waals surface area contributed by atoms with Crippen molar-refractivity contribution in [1.82, 2.24) is 4.98 Å². The third-order valence-electron chi connectivity index (χ3n) is 2.69. The SMILES string of the molecule is CCOc1cccc(C(=O)c2cncc(OCC)c2)c1. The molecular formula is C16H17NO3. The van der Waals surface area contributed by atoms with Gasteiger partial charge in [-0.15, -0.1) is 0 Å². The third-order valence-corrected chi connectivity index (χ3v) is 2.69. The number of aromatic nitrogens is 1. The average molecular weight is 271 g/mol. The van der Waals surface area contributed by atoms with Crippen molar-refractivity contribution in [2.24, 2.45) is 0 Å². The maximum atomic E-state index is 12.4. The van der Waals surface area contributed by atoms with Crippen LogP contribution in [0, 0.1) is 0 Å². The van der Waals surface area contributed by atoms with Crippen LogP contribution in [0.25, 0.3) is 0 Å². The van der Waals surface area contributed by atoms with Crippen LogP contribution in [0.1, 0.15) is 29.8 Å². The predicted octanol–water partition coefficient (Wildman–Crippen LogP) is 3.11. The van der Waals surface area contributed by atoms with E-state index in [4.69, 9.17) is 9.47 Å². The Morgan fingerprint density at radius 1 is 1.00 bits per heavy atom. The molecule has 0 atom stereocenters. The Morgan fingerprint density at radius 3 is 2.45 bits per heavy atom. The molecule has 0 saturated carbocycles. The number of hydrogen-bond acceptors (Lipinski definition) is 4. The molecule has 0 bridgehead atoms. The zero-order valence-electron chi connectivity index (χ0n) is 11.6. The Kier molecular flexibility index (Phi) is 4.71. The maximum Gasteiger partial charge on any atom is 0.194 e. The average Bonchev–Trinajstić information content (AvgIpc) is 2.48. The van der Waals surface area contributed by atoms with Crippen molar-refractivity contribution >= 4 is 5.78 Å². The third kappa shape index (κ3) is 3.35. The molecule has 104 valence electrons. The summed E-state index contributed by atoms with van der Waals surface area (Å²) in [5.41, 5.74) is 1.08. The molecule has 2 rings (SSSR count). The second kappa shape index (κ2) is 6.70. The van der Waals surface area contributed by atoms with E-state index in [2.05, 4.69) is 4.98 Å². The Balaban J connectivity index is 2.26. The van der Waals surface area contributed by atoms with E-state index in [1.165, 1.54) is 6.20 Å². The minimum Gasteiger partial charge on any atom is -0.494 e. The number of hydrogen-bond donors (Lipinski definition) is 0. The fraction of sp³-hybridized carbons (Fsp3) is 0.250. The molecular weight excluding hydrogens is 254 g/mol. The van der Waals surface area contributed by atoms with Crippen molar-refractivity contribution in [2.45, 2.75) is 13.8 Å². The number of carbonyl (C=O) groups excluding carboxylic acids is 1. The summed E-state index contributed by atoms with van der Waals surface area (Å²) in [7, 11) is 0. The van der Waals surface area contributed by atoms with Crippen LogP contribution in [0.2, 0.25) is 0 Å². The van der Waals surface area contributed by atoms with Crippen LogP contribution in [0.15, 0.2) is 42.7 Å².